The van der Waals surface area contributed by atoms with Gasteiger partial charge in [0, 0.05) is 133 Å². The van der Waals surface area contributed by atoms with Crippen LogP contribution in [0.2, 0.25) is 0 Å². The zero-order chi connectivity index (χ0) is 49.1. The predicted molar refractivity (Wildman–Crippen MR) is 263 cm³/mol. The molecule has 3 fully saturated rings. The molecule has 4 aliphatic heterocycles. The Kier molecular flexibility index (Phi) is 12.5. The van der Waals surface area contributed by atoms with E-state index >= 15 is 8.78 Å². The highest BCUT2D eigenvalue weighted by atomic mass is 19.1. The highest BCUT2D eigenvalue weighted by Gasteiger charge is 2.33. The van der Waals surface area contributed by atoms with Gasteiger partial charge in [-0.3, -0.25) is 43.2 Å². The highest BCUT2D eigenvalue weighted by molar-refractivity contribution is 6.00. The second kappa shape index (κ2) is 18.7. The van der Waals surface area contributed by atoms with Crippen LogP contribution in [0.15, 0.2) is 70.5 Å². The molecule has 19 heteroatoms. The molecular weight excluding hydrogens is 899 g/mol. The third kappa shape index (κ3) is 8.48. The van der Waals surface area contributed by atoms with Crippen LogP contribution in [0.3, 0.4) is 0 Å². The molecule has 2 N–H and O–H groups in total. The number of anilines is 2. The summed E-state index contributed by atoms with van der Waals surface area (Å²) < 4.78 is 38.2. The number of hydrogen-bond acceptors (Lipinski definition) is 11. The molecule has 366 valence electrons. The van der Waals surface area contributed by atoms with E-state index in [1.54, 1.807) is 38.6 Å². The number of nitrogens with zero attached hydrogens (tertiary/aromatic N) is 10. The molecule has 0 aliphatic carbocycles. The second-order valence-corrected chi connectivity index (χ2v) is 19.2. The SMILES string of the molecule is CNc1ccn(-c2ccnc3c2cc([C@H](C)N2CC=C(c4c(C)cc(C(=O)N5CCC(CN6CCN(c7cc8c(cc7F)n(C7CCC(=O)NC7=O)c(=O)n8C)CC6)CC5)cc4F)CC2)n3C)c(=O)n1. The van der Waals surface area contributed by atoms with E-state index in [4.69, 9.17) is 0 Å². The van der Waals surface area contributed by atoms with Crippen molar-refractivity contribution in [3.05, 3.63) is 116 Å². The van der Waals surface area contributed by atoms with Crippen LogP contribution in [-0.2, 0) is 23.7 Å². The van der Waals surface area contributed by atoms with Gasteiger partial charge in [-0.1, -0.05) is 6.08 Å². The van der Waals surface area contributed by atoms with Gasteiger partial charge in [-0.2, -0.15) is 4.98 Å². The van der Waals surface area contributed by atoms with Gasteiger partial charge in [0.05, 0.1) is 22.4 Å². The number of aromatic nitrogens is 6. The van der Waals surface area contributed by atoms with Gasteiger partial charge in [-0.05, 0) is 93.0 Å². The molecule has 1 unspecified atom stereocenters. The normalized spacial score (nSPS) is 19.2. The van der Waals surface area contributed by atoms with Gasteiger partial charge in [0.1, 0.15) is 29.1 Å². The van der Waals surface area contributed by atoms with E-state index in [1.165, 1.54) is 25.8 Å². The first kappa shape index (κ1) is 46.7. The van der Waals surface area contributed by atoms with Crippen molar-refractivity contribution < 1.29 is 23.2 Å². The maximum atomic E-state index is 16.1. The molecule has 70 heavy (non-hydrogen) atoms. The number of imidazole rings is 1. The number of rotatable bonds is 10. The van der Waals surface area contributed by atoms with Crippen molar-refractivity contribution in [1.29, 1.82) is 0 Å². The van der Waals surface area contributed by atoms with Gasteiger partial charge in [0.2, 0.25) is 11.8 Å². The number of fused-ring (bicyclic) bond motifs is 2. The van der Waals surface area contributed by atoms with E-state index in [0.29, 0.717) is 91.0 Å². The first-order valence-electron chi connectivity index (χ1n) is 24.2. The van der Waals surface area contributed by atoms with E-state index in [1.807, 2.05) is 35.9 Å². The number of amides is 3. The van der Waals surface area contributed by atoms with Crippen molar-refractivity contribution in [3.63, 3.8) is 0 Å². The Morgan fingerprint density at radius 1 is 0.871 bits per heavy atom. The summed E-state index contributed by atoms with van der Waals surface area (Å²) >= 11 is 0. The number of halogens is 2. The van der Waals surface area contributed by atoms with Crippen LogP contribution in [0.1, 0.15) is 78.3 Å². The van der Waals surface area contributed by atoms with Crippen molar-refractivity contribution in [1.82, 2.24) is 48.3 Å². The number of carbonyl (C=O) groups excluding carboxylic acids is 3. The van der Waals surface area contributed by atoms with Crippen molar-refractivity contribution in [2.45, 2.75) is 58.0 Å². The molecule has 3 saturated heterocycles. The molecule has 3 amide bonds. The standard InChI is InChI=1S/C51H58F2N12O5/c1-30-24-34(25-37(53)46(30)33-11-17-61(18-12-33)31(2)40-26-35-38(8-14-55-47(35)58(40)4)64-19-13-44(54-3)56-50(64)69)49(68)63-15-9-32(10-16-63)29-60-20-22-62(23-21-60)41-28-42-43(27-36(41)52)65(51(70)59(42)5)39-6-7-45(66)57-48(39)67/h8,11,13-14,19,24-28,31-32,39H,6-7,9-10,12,15-18,20-23,29H2,1-5H3,(H,54,56,69)(H,57,66,67)/t31-,39?/m0/s1. The molecular formula is C51H58F2N12O5. The number of piperazine rings is 1. The van der Waals surface area contributed by atoms with E-state index < -0.39 is 23.5 Å². The number of carbonyl (C=O) groups is 3. The minimum atomic E-state index is -0.887. The van der Waals surface area contributed by atoms with Crippen LogP contribution in [0.25, 0.3) is 33.3 Å². The fourth-order valence-corrected chi connectivity index (χ4v) is 11.2. The summed E-state index contributed by atoms with van der Waals surface area (Å²) in [7, 11) is 5.30. The molecule has 0 radical (unpaired) electrons. The van der Waals surface area contributed by atoms with Crippen LogP contribution in [0.4, 0.5) is 20.3 Å². The first-order chi connectivity index (χ1) is 33.7. The summed E-state index contributed by atoms with van der Waals surface area (Å²) in [5.41, 5.74) is 5.49. The van der Waals surface area contributed by atoms with Gasteiger partial charge in [-0.15, -0.1) is 0 Å². The van der Waals surface area contributed by atoms with E-state index in [-0.39, 0.29) is 42.2 Å². The maximum absolute atomic E-state index is 16.1. The Balaban J connectivity index is 0.731. The van der Waals surface area contributed by atoms with E-state index in [0.717, 1.165) is 60.3 Å². The number of nitrogens with one attached hydrogen (secondary N) is 2. The van der Waals surface area contributed by atoms with Gasteiger partial charge in [0.15, 0.2) is 0 Å². The summed E-state index contributed by atoms with van der Waals surface area (Å²) in [6.45, 7) is 10.0. The lowest BCUT2D eigenvalue weighted by molar-refractivity contribution is -0.135. The smallest absolute Gasteiger partial charge is 0.354 e. The first-order valence-corrected chi connectivity index (χ1v) is 24.2. The third-order valence-electron chi connectivity index (χ3n) is 15.1. The molecule has 2 atom stereocenters. The zero-order valence-corrected chi connectivity index (χ0v) is 40.2. The molecule has 0 saturated carbocycles. The van der Waals surface area contributed by atoms with Gasteiger partial charge < -0.3 is 19.7 Å². The van der Waals surface area contributed by atoms with Crippen molar-refractivity contribution in [3.8, 4) is 5.69 Å². The Bertz CT molecular complexity index is 3210. The molecule has 0 bridgehead atoms. The number of piperidine rings is 2. The Hall–Kier alpha value is -6.99. The maximum Gasteiger partial charge on any atom is 0.354 e. The largest absolute Gasteiger partial charge is 0.373 e. The molecule has 6 aromatic rings. The number of benzene rings is 2. The molecule has 10 rings (SSSR count). The van der Waals surface area contributed by atoms with Crippen LogP contribution < -0.4 is 26.9 Å². The number of aryl methyl sites for hydroxylation is 3. The summed E-state index contributed by atoms with van der Waals surface area (Å²) in [5.74, 6) is -1.10. The van der Waals surface area contributed by atoms with Crippen LogP contribution in [0.5, 0.6) is 0 Å². The quantitative estimate of drug-likeness (QED) is 0.179. The number of imide groups is 1. The van der Waals surface area contributed by atoms with Crippen LogP contribution in [0, 0.1) is 24.5 Å². The minimum Gasteiger partial charge on any atom is -0.373 e. The monoisotopic (exact) mass is 956 g/mol. The van der Waals surface area contributed by atoms with Crippen LogP contribution >= 0.6 is 0 Å². The van der Waals surface area contributed by atoms with Gasteiger partial charge in [-0.25, -0.2) is 23.4 Å². The van der Waals surface area contributed by atoms with Gasteiger partial charge >= 0.3 is 11.4 Å². The molecule has 4 aliphatic rings. The molecule has 2 aromatic carbocycles. The lowest BCUT2D eigenvalue weighted by Gasteiger charge is -2.39. The topological polar surface area (TPSA) is 168 Å². The third-order valence-corrected chi connectivity index (χ3v) is 15.1. The summed E-state index contributed by atoms with van der Waals surface area (Å²) in [4.78, 5) is 81.7. The minimum absolute atomic E-state index is 0.000447. The lowest BCUT2D eigenvalue weighted by atomic mass is 9.92. The summed E-state index contributed by atoms with van der Waals surface area (Å²) in [6.07, 6.45) is 8.08. The second-order valence-electron chi connectivity index (χ2n) is 19.2. The molecule has 17 nitrogen and oxygen atoms in total. The molecule has 4 aromatic heterocycles. The number of pyridine rings is 1. The number of hydrogen-bond donors (Lipinski definition) is 2. The van der Waals surface area contributed by atoms with E-state index in [9.17, 15) is 24.0 Å². The fourth-order valence-electron chi connectivity index (χ4n) is 11.2. The Morgan fingerprint density at radius 2 is 1.64 bits per heavy atom. The average molecular weight is 957 g/mol. The van der Waals surface area contributed by atoms with E-state index in [2.05, 4.69) is 54.0 Å². The number of likely N-dealkylation sites (tertiary alicyclic amines) is 1. The molecule has 8 heterocycles. The predicted octanol–water partition coefficient (Wildman–Crippen LogP) is 4.90. The fraction of sp³-hybridized carbons (Fsp3) is 0.431. The molecule has 0 spiro atoms. The average Bonchev–Trinajstić information content (AvgIpc) is 3.82. The van der Waals surface area contributed by atoms with Gasteiger partial charge in [0.25, 0.3) is 5.91 Å². The van der Waals surface area contributed by atoms with Crippen molar-refractivity contribution in [2.75, 3.05) is 76.2 Å². The Labute approximate surface area is 403 Å². The highest BCUT2D eigenvalue weighted by Crippen LogP contribution is 2.35. The summed E-state index contributed by atoms with van der Waals surface area (Å²) in [5, 5.41) is 6.04. The van der Waals surface area contributed by atoms with Crippen molar-refractivity contribution >= 4 is 56.9 Å². The zero-order valence-electron chi connectivity index (χ0n) is 40.2. The lowest BCUT2D eigenvalue weighted by Crippen LogP contribution is -2.49. The van der Waals surface area contributed by atoms with Crippen LogP contribution in [-0.4, -0.2) is 127 Å². The summed E-state index contributed by atoms with van der Waals surface area (Å²) in [6, 6.07) is 11.0. The van der Waals surface area contributed by atoms with Crippen molar-refractivity contribution in [2.24, 2.45) is 20.0 Å². The Morgan fingerprint density at radius 3 is 2.33 bits per heavy atom.